The second kappa shape index (κ2) is 10.7. The number of nitrogens with zero attached hydrogens (tertiary/aromatic N) is 2. The van der Waals surface area contributed by atoms with Crippen LogP contribution in [0, 0.1) is 6.92 Å². The number of rotatable bonds is 7. The molecule has 0 unspecified atom stereocenters. The lowest BCUT2D eigenvalue weighted by Crippen LogP contribution is -2.24. The molecule has 8 heteroatoms. The lowest BCUT2D eigenvalue weighted by Gasteiger charge is -2.10. The summed E-state index contributed by atoms with van der Waals surface area (Å²) in [7, 11) is 0. The van der Waals surface area contributed by atoms with E-state index in [-0.39, 0.29) is 12.5 Å². The molecule has 33 heavy (non-hydrogen) atoms. The highest BCUT2D eigenvalue weighted by molar-refractivity contribution is 9.11. The highest BCUT2D eigenvalue weighted by Gasteiger charge is 2.13. The van der Waals surface area contributed by atoms with E-state index in [1.807, 2.05) is 42.5 Å². The van der Waals surface area contributed by atoms with Gasteiger partial charge in [0.2, 0.25) is 0 Å². The van der Waals surface area contributed by atoms with Gasteiger partial charge in [-0.25, -0.2) is 5.43 Å². The molecule has 4 rings (SSSR count). The molecule has 0 aliphatic heterocycles. The first-order chi connectivity index (χ1) is 15.9. The van der Waals surface area contributed by atoms with Gasteiger partial charge < -0.3 is 9.30 Å². The van der Waals surface area contributed by atoms with Gasteiger partial charge in [-0.1, -0.05) is 64.5 Å². The van der Waals surface area contributed by atoms with Crippen LogP contribution in [0.4, 0.5) is 0 Å². The molecule has 0 saturated heterocycles. The highest BCUT2D eigenvalue weighted by Crippen LogP contribution is 2.36. The van der Waals surface area contributed by atoms with Crippen molar-refractivity contribution in [3.8, 4) is 5.75 Å². The molecule has 0 fully saturated rings. The number of carbonyl (C=O) groups is 1. The molecule has 0 aliphatic carbocycles. The van der Waals surface area contributed by atoms with E-state index in [2.05, 4.69) is 94.1 Å². The summed E-state index contributed by atoms with van der Waals surface area (Å²) in [5.74, 6) is 0.204. The van der Waals surface area contributed by atoms with Crippen molar-refractivity contribution in [3.63, 3.8) is 0 Å². The Morgan fingerprint density at radius 2 is 1.70 bits per heavy atom. The highest BCUT2D eigenvalue weighted by atomic mass is 79.9. The average Bonchev–Trinajstić information content (AvgIpc) is 3.05. The van der Waals surface area contributed by atoms with E-state index >= 15 is 0 Å². The Bertz CT molecular complexity index is 1310. The summed E-state index contributed by atoms with van der Waals surface area (Å²) in [6, 6.07) is 22.2. The van der Waals surface area contributed by atoms with Gasteiger partial charge in [-0.3, -0.25) is 4.79 Å². The summed E-state index contributed by atoms with van der Waals surface area (Å²) in [5, 5.41) is 5.28. The maximum atomic E-state index is 12.3. The second-order valence-electron chi connectivity index (χ2n) is 7.37. The molecule has 1 amide bonds. The molecule has 5 nitrogen and oxygen atoms in total. The molecule has 0 spiro atoms. The van der Waals surface area contributed by atoms with E-state index in [9.17, 15) is 4.79 Å². The van der Waals surface area contributed by atoms with E-state index in [4.69, 9.17) is 4.74 Å². The number of hydrazone groups is 1. The Morgan fingerprint density at radius 3 is 2.42 bits per heavy atom. The van der Waals surface area contributed by atoms with Gasteiger partial charge in [-0.2, -0.15) is 5.10 Å². The predicted octanol–water partition coefficient (Wildman–Crippen LogP) is 6.81. The SMILES string of the molecule is Cc1c(C=NNC(=O)COc2c(Br)cc(Br)cc2Br)c2ccccc2n1Cc1ccccc1. The van der Waals surface area contributed by atoms with Gasteiger partial charge in [0.05, 0.1) is 15.2 Å². The summed E-state index contributed by atoms with van der Waals surface area (Å²) < 4.78 is 10.3. The largest absolute Gasteiger partial charge is 0.481 e. The van der Waals surface area contributed by atoms with E-state index in [1.165, 1.54) is 5.56 Å². The van der Waals surface area contributed by atoms with Gasteiger partial charge in [-0.05, 0) is 62.5 Å². The normalized spacial score (nSPS) is 11.3. The van der Waals surface area contributed by atoms with Crippen molar-refractivity contribution in [3.05, 3.63) is 97.0 Å². The van der Waals surface area contributed by atoms with Crippen molar-refractivity contribution in [2.45, 2.75) is 13.5 Å². The Balaban J connectivity index is 1.48. The Labute approximate surface area is 217 Å². The van der Waals surface area contributed by atoms with Gasteiger partial charge in [0.15, 0.2) is 6.61 Å². The number of para-hydroxylation sites is 1. The fraction of sp³-hybridized carbons (Fsp3) is 0.120. The Hall–Kier alpha value is -2.42. The van der Waals surface area contributed by atoms with E-state index in [0.29, 0.717) is 5.75 Å². The first-order valence-electron chi connectivity index (χ1n) is 10.1. The third-order valence-corrected chi connectivity index (χ3v) is 6.79. The van der Waals surface area contributed by atoms with Crippen LogP contribution < -0.4 is 10.2 Å². The summed E-state index contributed by atoms with van der Waals surface area (Å²) in [6.07, 6.45) is 1.70. The molecule has 168 valence electrons. The van der Waals surface area contributed by atoms with Crippen LogP contribution in [-0.4, -0.2) is 23.3 Å². The van der Waals surface area contributed by atoms with Crippen molar-refractivity contribution < 1.29 is 9.53 Å². The number of ether oxygens (including phenoxy) is 1. The van der Waals surface area contributed by atoms with E-state index in [1.54, 1.807) is 6.21 Å². The minimum absolute atomic E-state index is 0.162. The fourth-order valence-electron chi connectivity index (χ4n) is 3.60. The van der Waals surface area contributed by atoms with Crippen LogP contribution in [0.25, 0.3) is 10.9 Å². The smallest absolute Gasteiger partial charge is 0.277 e. The number of aromatic nitrogens is 1. The van der Waals surface area contributed by atoms with Crippen LogP contribution in [0.15, 0.2) is 85.2 Å². The van der Waals surface area contributed by atoms with Gasteiger partial charge in [0.1, 0.15) is 5.75 Å². The molecule has 1 heterocycles. The van der Waals surface area contributed by atoms with Crippen LogP contribution in [-0.2, 0) is 11.3 Å². The number of fused-ring (bicyclic) bond motifs is 1. The van der Waals surface area contributed by atoms with Crippen molar-refractivity contribution in [1.29, 1.82) is 0 Å². The molecule has 1 aromatic heterocycles. The van der Waals surface area contributed by atoms with E-state index < -0.39 is 0 Å². The minimum Gasteiger partial charge on any atom is -0.481 e. The fourth-order valence-corrected chi connectivity index (χ4v) is 6.08. The van der Waals surface area contributed by atoms with Gasteiger partial charge >= 0.3 is 0 Å². The standard InChI is InChI=1S/C25H20Br3N3O2/c1-16-20(13-29-30-24(32)15-33-25-21(27)11-18(26)12-22(25)28)19-9-5-6-10-23(19)31(16)14-17-7-3-2-4-8-17/h2-13H,14-15H2,1H3,(H,30,32). The number of halogens is 3. The number of carbonyl (C=O) groups excluding carboxylic acids is 1. The summed E-state index contributed by atoms with van der Waals surface area (Å²) in [5.41, 5.74) is 6.96. The zero-order valence-corrected chi connectivity index (χ0v) is 22.4. The van der Waals surface area contributed by atoms with Crippen LogP contribution in [0.3, 0.4) is 0 Å². The molecule has 1 N–H and O–H groups in total. The monoisotopic (exact) mass is 631 g/mol. The van der Waals surface area contributed by atoms with Crippen molar-refractivity contribution in [1.82, 2.24) is 9.99 Å². The maximum absolute atomic E-state index is 12.3. The summed E-state index contributed by atoms with van der Waals surface area (Å²) in [4.78, 5) is 12.3. The maximum Gasteiger partial charge on any atom is 0.277 e. The molecular weight excluding hydrogens is 614 g/mol. The molecule has 0 saturated carbocycles. The molecule has 3 aromatic carbocycles. The third kappa shape index (κ3) is 5.57. The lowest BCUT2D eigenvalue weighted by atomic mass is 10.1. The Kier molecular flexibility index (Phi) is 7.67. The van der Waals surface area contributed by atoms with Gasteiger partial charge in [-0.15, -0.1) is 0 Å². The lowest BCUT2D eigenvalue weighted by molar-refractivity contribution is -0.123. The van der Waals surface area contributed by atoms with Crippen molar-refractivity contribution in [2.24, 2.45) is 5.10 Å². The number of benzene rings is 3. The van der Waals surface area contributed by atoms with Crippen molar-refractivity contribution >= 4 is 70.8 Å². The van der Waals surface area contributed by atoms with E-state index in [0.717, 1.165) is 42.1 Å². The third-order valence-electron chi connectivity index (χ3n) is 5.16. The number of amides is 1. The zero-order valence-electron chi connectivity index (χ0n) is 17.7. The van der Waals surface area contributed by atoms with Crippen molar-refractivity contribution in [2.75, 3.05) is 6.61 Å². The molecule has 0 atom stereocenters. The molecule has 0 bridgehead atoms. The second-order valence-corrected chi connectivity index (χ2v) is 9.99. The average molecular weight is 634 g/mol. The minimum atomic E-state index is -0.348. The topological polar surface area (TPSA) is 55.6 Å². The van der Waals surface area contributed by atoms with Crippen LogP contribution in [0.5, 0.6) is 5.75 Å². The molecule has 0 aliphatic rings. The number of hydrogen-bond acceptors (Lipinski definition) is 3. The van der Waals surface area contributed by atoms with Crippen LogP contribution in [0.1, 0.15) is 16.8 Å². The summed E-state index contributed by atoms with van der Waals surface area (Å²) in [6.45, 7) is 2.67. The quantitative estimate of drug-likeness (QED) is 0.180. The predicted molar refractivity (Wildman–Crippen MR) is 143 cm³/mol. The zero-order chi connectivity index (χ0) is 23.4. The van der Waals surface area contributed by atoms with Crippen LogP contribution >= 0.6 is 47.8 Å². The number of hydrogen-bond donors (Lipinski definition) is 1. The first-order valence-corrected chi connectivity index (χ1v) is 12.5. The summed E-state index contributed by atoms with van der Waals surface area (Å²) >= 11 is 10.3. The first kappa shape index (κ1) is 23.7. The molecule has 4 aromatic rings. The molecule has 0 radical (unpaired) electrons. The molecular formula is C25H20Br3N3O2. The Morgan fingerprint density at radius 1 is 1.03 bits per heavy atom. The van der Waals surface area contributed by atoms with Gasteiger partial charge in [0.25, 0.3) is 5.91 Å². The van der Waals surface area contributed by atoms with Gasteiger partial charge in [0, 0.05) is 33.2 Å². The van der Waals surface area contributed by atoms with Crippen LogP contribution in [0.2, 0.25) is 0 Å². The number of nitrogens with one attached hydrogen (secondary N) is 1.